The van der Waals surface area contributed by atoms with Crippen LogP contribution < -0.4 is 20.3 Å². The Labute approximate surface area is 175 Å². The number of hydrogen-bond donors (Lipinski definition) is 3. The van der Waals surface area contributed by atoms with Crippen molar-refractivity contribution in [3.05, 3.63) is 58.1 Å². The van der Waals surface area contributed by atoms with Crippen molar-refractivity contribution in [3.8, 4) is 5.75 Å². The molecular weight excluding hydrogens is 388 g/mol. The van der Waals surface area contributed by atoms with Gasteiger partial charge in [-0.3, -0.25) is 19.7 Å². The number of amides is 2. The number of nitrogens with zero attached hydrogens (tertiary/aromatic N) is 1. The highest BCUT2D eigenvalue weighted by molar-refractivity contribution is 5.94. The normalized spacial score (nSPS) is 11.4. The van der Waals surface area contributed by atoms with E-state index in [1.165, 1.54) is 25.3 Å². The van der Waals surface area contributed by atoms with Crippen LogP contribution in [0, 0.1) is 17.0 Å². The van der Waals surface area contributed by atoms with Gasteiger partial charge in [0.05, 0.1) is 30.3 Å². The molecular formula is C21H27N4O5+. The minimum atomic E-state index is -0.533. The largest absolute Gasteiger partial charge is 0.494 e. The van der Waals surface area contributed by atoms with Crippen LogP contribution >= 0.6 is 0 Å². The van der Waals surface area contributed by atoms with Gasteiger partial charge in [0, 0.05) is 11.8 Å². The molecule has 1 unspecified atom stereocenters. The van der Waals surface area contributed by atoms with Gasteiger partial charge in [-0.2, -0.15) is 0 Å². The molecule has 9 nitrogen and oxygen atoms in total. The lowest BCUT2D eigenvalue weighted by Gasteiger charge is -2.19. The summed E-state index contributed by atoms with van der Waals surface area (Å²) in [5.74, 6) is -0.283. The number of anilines is 2. The van der Waals surface area contributed by atoms with Crippen molar-refractivity contribution in [2.45, 2.75) is 20.3 Å². The van der Waals surface area contributed by atoms with Crippen molar-refractivity contribution in [2.75, 3.05) is 37.4 Å². The first-order valence-electron chi connectivity index (χ1n) is 9.65. The van der Waals surface area contributed by atoms with E-state index in [0.29, 0.717) is 12.2 Å². The summed E-state index contributed by atoms with van der Waals surface area (Å²) in [6.45, 7) is 4.77. The number of carbonyl (C=O) groups is 2. The predicted octanol–water partition coefficient (Wildman–Crippen LogP) is 1.78. The molecule has 9 heteroatoms. The molecule has 0 bridgehead atoms. The number of non-ortho nitro benzene ring substituents is 1. The van der Waals surface area contributed by atoms with Gasteiger partial charge in [0.15, 0.2) is 13.1 Å². The molecule has 0 radical (unpaired) electrons. The Morgan fingerprint density at radius 3 is 2.27 bits per heavy atom. The molecule has 0 heterocycles. The molecule has 2 amide bonds. The molecule has 0 spiro atoms. The van der Waals surface area contributed by atoms with Crippen LogP contribution in [0.15, 0.2) is 42.5 Å². The van der Waals surface area contributed by atoms with Gasteiger partial charge in [0.1, 0.15) is 5.75 Å². The molecule has 2 aromatic carbocycles. The minimum Gasteiger partial charge on any atom is -0.494 e. The summed E-state index contributed by atoms with van der Waals surface area (Å²) >= 11 is 0. The van der Waals surface area contributed by atoms with Crippen LogP contribution in [0.4, 0.5) is 17.1 Å². The second-order valence-electron chi connectivity index (χ2n) is 6.91. The van der Waals surface area contributed by atoms with Crippen LogP contribution in [0.25, 0.3) is 0 Å². The van der Waals surface area contributed by atoms with Gasteiger partial charge in [-0.25, -0.2) is 0 Å². The van der Waals surface area contributed by atoms with E-state index in [1.54, 1.807) is 0 Å². The average molecular weight is 415 g/mol. The van der Waals surface area contributed by atoms with Crippen LogP contribution in [-0.2, 0) is 9.59 Å². The third-order valence-corrected chi connectivity index (χ3v) is 4.51. The van der Waals surface area contributed by atoms with Gasteiger partial charge in [0.25, 0.3) is 17.5 Å². The predicted molar refractivity (Wildman–Crippen MR) is 114 cm³/mol. The van der Waals surface area contributed by atoms with E-state index >= 15 is 0 Å². The van der Waals surface area contributed by atoms with Crippen molar-refractivity contribution in [1.29, 1.82) is 0 Å². The van der Waals surface area contributed by atoms with Crippen molar-refractivity contribution in [1.82, 2.24) is 0 Å². The third-order valence-electron chi connectivity index (χ3n) is 4.51. The van der Waals surface area contributed by atoms with E-state index in [4.69, 9.17) is 4.74 Å². The van der Waals surface area contributed by atoms with Gasteiger partial charge >= 0.3 is 0 Å². The van der Waals surface area contributed by atoms with Crippen LogP contribution in [-0.4, -0.2) is 43.5 Å². The van der Waals surface area contributed by atoms with Gasteiger partial charge in [-0.05, 0) is 31.0 Å². The molecule has 2 rings (SSSR count). The zero-order valence-electron chi connectivity index (χ0n) is 17.4. The maximum Gasteiger partial charge on any atom is 0.279 e. The van der Waals surface area contributed by atoms with Gasteiger partial charge in [0.2, 0.25) is 0 Å². The summed E-state index contributed by atoms with van der Waals surface area (Å²) in [4.78, 5) is 36.1. The lowest BCUT2D eigenvalue weighted by Crippen LogP contribution is -3.14. The molecule has 0 fully saturated rings. The summed E-state index contributed by atoms with van der Waals surface area (Å²) in [5.41, 5.74) is 1.92. The SMILES string of the molecule is CCC[NH+](CC(=O)Nc1ccccc1C)CC(=O)Nc1ccc([N+](=O)[O-])cc1OC. The second kappa shape index (κ2) is 10.9. The molecule has 30 heavy (non-hydrogen) atoms. The maximum absolute atomic E-state index is 12.5. The van der Waals surface area contributed by atoms with Crippen molar-refractivity contribution < 1.29 is 24.1 Å². The number of benzene rings is 2. The number of carbonyl (C=O) groups excluding carboxylic acids is 2. The smallest absolute Gasteiger partial charge is 0.279 e. The zero-order valence-corrected chi connectivity index (χ0v) is 17.4. The second-order valence-corrected chi connectivity index (χ2v) is 6.91. The van der Waals surface area contributed by atoms with E-state index in [1.807, 2.05) is 38.1 Å². The van der Waals surface area contributed by atoms with Crippen LogP contribution in [0.5, 0.6) is 5.75 Å². The molecule has 0 saturated carbocycles. The first-order valence-corrected chi connectivity index (χ1v) is 9.65. The fraction of sp³-hybridized carbons (Fsp3) is 0.333. The maximum atomic E-state index is 12.5. The zero-order chi connectivity index (χ0) is 22.1. The summed E-state index contributed by atoms with van der Waals surface area (Å²) in [7, 11) is 1.37. The summed E-state index contributed by atoms with van der Waals surface area (Å²) in [6, 6.07) is 11.5. The van der Waals surface area contributed by atoms with Crippen molar-refractivity contribution in [3.63, 3.8) is 0 Å². The first-order chi connectivity index (χ1) is 14.3. The lowest BCUT2D eigenvalue weighted by atomic mass is 10.2. The van der Waals surface area contributed by atoms with Crippen molar-refractivity contribution in [2.24, 2.45) is 0 Å². The van der Waals surface area contributed by atoms with Crippen LogP contribution in [0.3, 0.4) is 0 Å². The van der Waals surface area contributed by atoms with E-state index in [-0.39, 0.29) is 36.3 Å². The number of nitrogens with one attached hydrogen (secondary N) is 3. The van der Waals surface area contributed by atoms with Crippen LogP contribution in [0.1, 0.15) is 18.9 Å². The van der Waals surface area contributed by atoms with E-state index in [0.717, 1.165) is 22.6 Å². The summed E-state index contributed by atoms with van der Waals surface area (Å²) in [5, 5.41) is 16.5. The van der Waals surface area contributed by atoms with Gasteiger partial charge in [-0.1, -0.05) is 25.1 Å². The topological polar surface area (TPSA) is 115 Å². The molecule has 0 aromatic heterocycles. The first kappa shape index (κ1) is 22.8. The minimum absolute atomic E-state index is 0.0785. The number of methoxy groups -OCH3 is 1. The Hall–Kier alpha value is -3.46. The summed E-state index contributed by atoms with van der Waals surface area (Å²) in [6.07, 6.45) is 0.807. The molecule has 0 aliphatic carbocycles. The molecule has 3 N–H and O–H groups in total. The molecule has 0 aliphatic rings. The molecule has 1 atom stereocenters. The number of rotatable bonds is 10. The Morgan fingerprint density at radius 2 is 1.70 bits per heavy atom. The summed E-state index contributed by atoms with van der Waals surface area (Å²) < 4.78 is 5.14. The fourth-order valence-electron chi connectivity index (χ4n) is 3.05. The molecule has 0 aliphatic heterocycles. The Kier molecular flexibility index (Phi) is 8.30. The average Bonchev–Trinajstić information content (AvgIpc) is 2.70. The highest BCUT2D eigenvalue weighted by atomic mass is 16.6. The number of ether oxygens (including phenoxy) is 1. The number of quaternary nitrogens is 1. The monoisotopic (exact) mass is 415 g/mol. The number of hydrogen-bond acceptors (Lipinski definition) is 5. The van der Waals surface area contributed by atoms with E-state index < -0.39 is 4.92 Å². The number of nitro groups is 1. The quantitative estimate of drug-likeness (QED) is 0.404. The highest BCUT2D eigenvalue weighted by Crippen LogP contribution is 2.28. The van der Waals surface area contributed by atoms with E-state index in [2.05, 4.69) is 10.6 Å². The number of aryl methyl sites for hydroxylation is 1. The van der Waals surface area contributed by atoms with Gasteiger partial charge in [-0.15, -0.1) is 0 Å². The number of nitro benzene ring substituents is 1. The number of para-hydroxylation sites is 1. The fourth-order valence-corrected chi connectivity index (χ4v) is 3.05. The molecule has 160 valence electrons. The van der Waals surface area contributed by atoms with Crippen molar-refractivity contribution >= 4 is 28.9 Å². The van der Waals surface area contributed by atoms with Gasteiger partial charge < -0.3 is 20.3 Å². The third kappa shape index (κ3) is 6.56. The standard InChI is InChI=1S/C21H26N4O5/c1-4-11-24(13-20(26)22-17-8-6-5-7-15(17)2)14-21(27)23-18-10-9-16(25(28)29)12-19(18)30-3/h5-10,12H,4,11,13-14H2,1-3H3,(H,22,26)(H,23,27)/p+1. The highest BCUT2D eigenvalue weighted by Gasteiger charge is 2.20. The Morgan fingerprint density at radius 1 is 1.07 bits per heavy atom. The van der Waals surface area contributed by atoms with E-state index in [9.17, 15) is 19.7 Å². The molecule has 0 saturated heterocycles. The lowest BCUT2D eigenvalue weighted by molar-refractivity contribution is -0.883. The van der Waals surface area contributed by atoms with Crippen LogP contribution in [0.2, 0.25) is 0 Å². The Bertz CT molecular complexity index is 916. The molecule has 2 aromatic rings. The Balaban J connectivity index is 2.00.